The number of rotatable bonds is 2. The molecule has 0 spiro atoms. The largest absolute Gasteiger partial charge is 0.349 e. The first-order valence-corrected chi connectivity index (χ1v) is 11.1. The third kappa shape index (κ3) is 3.08. The van der Waals surface area contributed by atoms with E-state index in [4.69, 9.17) is 11.6 Å². The summed E-state index contributed by atoms with van der Waals surface area (Å²) in [6.07, 6.45) is 6.43. The summed E-state index contributed by atoms with van der Waals surface area (Å²) in [7, 11) is 0. The van der Waals surface area contributed by atoms with Crippen molar-refractivity contribution in [3.8, 4) is 0 Å². The second kappa shape index (κ2) is 7.43. The lowest BCUT2D eigenvalue weighted by molar-refractivity contribution is -0.144. The van der Waals surface area contributed by atoms with Crippen LogP contribution in [-0.4, -0.2) is 36.5 Å². The molecule has 1 amide bonds. The summed E-state index contributed by atoms with van der Waals surface area (Å²) >= 11 is 5.95. The van der Waals surface area contributed by atoms with E-state index in [2.05, 4.69) is 16.0 Å². The van der Waals surface area contributed by atoms with Gasteiger partial charge in [-0.1, -0.05) is 24.4 Å². The Hall–Kier alpha value is -1.43. The van der Waals surface area contributed by atoms with Gasteiger partial charge in [-0.15, -0.1) is 0 Å². The molecule has 0 bridgehead atoms. The monoisotopic (exact) mass is 401 g/mol. The van der Waals surface area contributed by atoms with Crippen LogP contribution in [0.2, 0.25) is 5.02 Å². The van der Waals surface area contributed by atoms with Crippen LogP contribution in [0.15, 0.2) is 24.3 Å². The van der Waals surface area contributed by atoms with Gasteiger partial charge in [0.15, 0.2) is 0 Å². The zero-order valence-corrected chi connectivity index (χ0v) is 16.8. The Labute approximate surface area is 171 Å². The van der Waals surface area contributed by atoms with Crippen LogP contribution in [0, 0.1) is 23.7 Å². The first-order chi connectivity index (χ1) is 13.6. The Morgan fingerprint density at radius 1 is 1.04 bits per heavy atom. The second-order valence-electron chi connectivity index (χ2n) is 8.94. The van der Waals surface area contributed by atoms with Gasteiger partial charge < -0.3 is 16.0 Å². The van der Waals surface area contributed by atoms with Gasteiger partial charge >= 0.3 is 0 Å². The van der Waals surface area contributed by atoms with Crippen LogP contribution in [0.4, 0.5) is 0 Å². The van der Waals surface area contributed by atoms with Crippen LogP contribution in [0.1, 0.15) is 48.9 Å². The van der Waals surface area contributed by atoms with E-state index in [0.717, 1.165) is 38.8 Å². The van der Waals surface area contributed by atoms with Crippen molar-refractivity contribution in [2.45, 2.75) is 56.7 Å². The summed E-state index contributed by atoms with van der Waals surface area (Å²) in [6, 6.07) is 7.66. The molecule has 7 atom stereocenters. The number of carbonyl (C=O) groups is 2. The number of Topliss-reactive ketones (excluding diaryl/α,β-unsaturated/α-hetero) is 1. The minimum atomic E-state index is -0.105. The van der Waals surface area contributed by atoms with Crippen molar-refractivity contribution < 1.29 is 9.59 Å². The van der Waals surface area contributed by atoms with Gasteiger partial charge in [0, 0.05) is 53.1 Å². The number of ketones is 1. The van der Waals surface area contributed by atoms with Crippen molar-refractivity contribution in [1.29, 1.82) is 0 Å². The summed E-state index contributed by atoms with van der Waals surface area (Å²) < 4.78 is 0. The minimum Gasteiger partial charge on any atom is -0.349 e. The van der Waals surface area contributed by atoms with Gasteiger partial charge in [-0.2, -0.15) is 0 Å². The van der Waals surface area contributed by atoms with Crippen LogP contribution in [-0.2, 0) is 4.79 Å². The third-order valence-corrected chi connectivity index (χ3v) is 7.87. The van der Waals surface area contributed by atoms with Crippen molar-refractivity contribution in [2.75, 3.05) is 6.67 Å². The van der Waals surface area contributed by atoms with E-state index in [-0.39, 0.29) is 29.7 Å². The Morgan fingerprint density at radius 3 is 2.64 bits per heavy atom. The first kappa shape index (κ1) is 18.6. The van der Waals surface area contributed by atoms with Gasteiger partial charge in [0.1, 0.15) is 5.78 Å². The Balaban J connectivity index is 1.41. The lowest BCUT2D eigenvalue weighted by Crippen LogP contribution is -2.71. The molecule has 0 aromatic heterocycles. The van der Waals surface area contributed by atoms with Crippen molar-refractivity contribution in [3.63, 3.8) is 0 Å². The maximum Gasteiger partial charge on any atom is 0.251 e. The summed E-state index contributed by atoms with van der Waals surface area (Å²) in [5, 5.41) is 11.1. The van der Waals surface area contributed by atoms with E-state index in [0.29, 0.717) is 34.4 Å². The fourth-order valence-electron chi connectivity index (χ4n) is 6.43. The predicted octanol–water partition coefficient (Wildman–Crippen LogP) is 2.74. The summed E-state index contributed by atoms with van der Waals surface area (Å²) in [4.78, 5) is 26.4. The van der Waals surface area contributed by atoms with E-state index >= 15 is 0 Å². The molecule has 6 heteroatoms. The van der Waals surface area contributed by atoms with E-state index in [9.17, 15) is 9.59 Å². The van der Waals surface area contributed by atoms with Crippen molar-refractivity contribution >= 4 is 23.3 Å². The average molecular weight is 402 g/mol. The molecule has 1 aromatic rings. The molecule has 4 fully saturated rings. The van der Waals surface area contributed by atoms with E-state index < -0.39 is 0 Å². The molecular formula is C22H28ClN3O2. The molecule has 1 aromatic carbocycles. The number of halogens is 1. The maximum atomic E-state index is 13.6. The number of fused-ring (bicyclic) bond motifs is 2. The Morgan fingerprint density at radius 2 is 1.82 bits per heavy atom. The highest BCUT2D eigenvalue weighted by molar-refractivity contribution is 6.30. The fraction of sp³-hybridized carbons (Fsp3) is 0.636. The van der Waals surface area contributed by atoms with Crippen molar-refractivity contribution in [1.82, 2.24) is 16.0 Å². The molecular weight excluding hydrogens is 374 g/mol. The number of carbonyl (C=O) groups excluding carboxylic acids is 2. The topological polar surface area (TPSA) is 70.2 Å². The third-order valence-electron chi connectivity index (χ3n) is 7.62. The molecule has 3 aliphatic carbocycles. The molecule has 3 N–H and O–H groups in total. The number of nitrogens with one attached hydrogen (secondary N) is 3. The van der Waals surface area contributed by atoms with Crippen molar-refractivity contribution in [3.05, 3.63) is 34.9 Å². The second-order valence-corrected chi connectivity index (χ2v) is 9.38. The Kier molecular flexibility index (Phi) is 4.93. The molecule has 5 nitrogen and oxygen atoms in total. The first-order valence-electron chi connectivity index (χ1n) is 10.7. The van der Waals surface area contributed by atoms with E-state index in [1.807, 2.05) is 0 Å². The van der Waals surface area contributed by atoms with Gasteiger partial charge in [-0.25, -0.2) is 0 Å². The number of amides is 1. The Bertz CT molecular complexity index is 768. The van der Waals surface area contributed by atoms with Crippen LogP contribution < -0.4 is 16.0 Å². The highest BCUT2D eigenvalue weighted by atomic mass is 35.5. The lowest BCUT2D eigenvalue weighted by atomic mass is 9.54. The normalized spacial score (nSPS) is 39.6. The molecule has 4 aliphatic rings. The fourth-order valence-corrected chi connectivity index (χ4v) is 6.56. The standard InChI is InChI=1S/C22H28ClN3O2/c23-13-7-5-12(6-8-13)22(28)26-17-10-9-16-18-19(17)21(27)15-4-2-1-3-14(15)20(18)25-11-24-16/h5-8,14-20,24-25H,1-4,9-11H2,(H,26,28). The predicted molar refractivity (Wildman–Crippen MR) is 108 cm³/mol. The zero-order chi connectivity index (χ0) is 19.3. The minimum absolute atomic E-state index is 0.0796. The van der Waals surface area contributed by atoms with Gasteiger partial charge in [0.25, 0.3) is 5.91 Å². The van der Waals surface area contributed by atoms with Crippen LogP contribution >= 0.6 is 11.6 Å². The average Bonchev–Trinajstić information content (AvgIpc) is 2.73. The van der Waals surface area contributed by atoms with Gasteiger partial charge in [0.2, 0.25) is 0 Å². The number of hydrogen-bond donors (Lipinski definition) is 3. The van der Waals surface area contributed by atoms with Crippen LogP contribution in [0.25, 0.3) is 0 Å². The van der Waals surface area contributed by atoms with Crippen molar-refractivity contribution in [2.24, 2.45) is 23.7 Å². The summed E-state index contributed by atoms with van der Waals surface area (Å²) in [6.45, 7) is 0.831. The molecule has 3 saturated carbocycles. The van der Waals surface area contributed by atoms with Gasteiger partial charge in [-0.3, -0.25) is 9.59 Å². The van der Waals surface area contributed by atoms with Gasteiger partial charge in [-0.05, 0) is 55.9 Å². The molecule has 1 aliphatic heterocycles. The quantitative estimate of drug-likeness (QED) is 0.712. The zero-order valence-electron chi connectivity index (χ0n) is 16.0. The van der Waals surface area contributed by atoms with Gasteiger partial charge in [0.05, 0.1) is 0 Å². The molecule has 1 heterocycles. The number of benzene rings is 1. The highest BCUT2D eigenvalue weighted by Crippen LogP contribution is 2.49. The number of hydrogen-bond acceptors (Lipinski definition) is 4. The lowest BCUT2D eigenvalue weighted by Gasteiger charge is -2.57. The van der Waals surface area contributed by atoms with Crippen LogP contribution in [0.5, 0.6) is 0 Å². The molecule has 0 radical (unpaired) electrons. The molecule has 7 unspecified atom stereocenters. The smallest absolute Gasteiger partial charge is 0.251 e. The SMILES string of the molecule is O=C(NC1CCC2NCNC3C4CCCCC4C(=O)C1C23)c1ccc(Cl)cc1. The molecule has 1 saturated heterocycles. The molecule has 5 rings (SSSR count). The van der Waals surface area contributed by atoms with Crippen LogP contribution in [0.3, 0.4) is 0 Å². The summed E-state index contributed by atoms with van der Waals surface area (Å²) in [5.74, 6) is 1.14. The highest BCUT2D eigenvalue weighted by Gasteiger charge is 2.57. The molecule has 28 heavy (non-hydrogen) atoms. The molecule has 150 valence electrons. The maximum absolute atomic E-state index is 13.6. The van der Waals surface area contributed by atoms with E-state index in [1.165, 1.54) is 6.42 Å². The summed E-state index contributed by atoms with van der Waals surface area (Å²) in [5.41, 5.74) is 0.599. The van der Waals surface area contributed by atoms with E-state index in [1.54, 1.807) is 24.3 Å².